The number of nitrogens with zero attached hydrogens (tertiary/aromatic N) is 3. The first-order valence-corrected chi connectivity index (χ1v) is 11.1. The molecule has 1 spiro atoms. The number of carbonyl (C=O) groups excluding carboxylic acids is 2. The van der Waals surface area contributed by atoms with Crippen LogP contribution in [0.2, 0.25) is 0 Å². The molecule has 4 fully saturated rings. The van der Waals surface area contributed by atoms with E-state index in [2.05, 4.69) is 27.5 Å². The summed E-state index contributed by atoms with van der Waals surface area (Å²) < 4.78 is 8.67. The van der Waals surface area contributed by atoms with E-state index in [9.17, 15) is 9.59 Å². The summed E-state index contributed by atoms with van der Waals surface area (Å²) in [6.45, 7) is 3.17. The van der Waals surface area contributed by atoms with E-state index in [4.69, 9.17) is 9.72 Å². The number of carbonyl (C=O) groups is 2. The van der Waals surface area contributed by atoms with Crippen LogP contribution in [0.15, 0.2) is 18.5 Å². The van der Waals surface area contributed by atoms with Gasteiger partial charge in [-0.25, -0.2) is 9.78 Å². The molecule has 158 valence electrons. The van der Waals surface area contributed by atoms with Gasteiger partial charge in [0.1, 0.15) is 5.65 Å². The number of ether oxygens (including phenoxy) is 1. The van der Waals surface area contributed by atoms with E-state index >= 15 is 0 Å². The number of fused-ring (bicyclic) bond motifs is 1. The molecule has 8 heteroatoms. The predicted molar refractivity (Wildman–Crippen MR) is 112 cm³/mol. The van der Waals surface area contributed by atoms with Crippen molar-refractivity contribution in [3.8, 4) is 0 Å². The Morgan fingerprint density at radius 1 is 1.20 bits per heavy atom. The topological polar surface area (TPSA) is 88.5 Å². The van der Waals surface area contributed by atoms with Crippen molar-refractivity contribution >= 4 is 28.7 Å². The number of aromatic nitrogens is 2. The highest BCUT2D eigenvalue weighted by atomic mass is 16.5. The zero-order valence-electron chi connectivity index (χ0n) is 17.0. The molecule has 1 unspecified atom stereocenters. The lowest BCUT2D eigenvalue weighted by Gasteiger charge is -2.32. The maximum Gasteiger partial charge on any atom is 0.328 e. The highest BCUT2D eigenvalue weighted by molar-refractivity contribution is 6.06. The van der Waals surface area contributed by atoms with Crippen molar-refractivity contribution in [3.05, 3.63) is 24.0 Å². The summed E-state index contributed by atoms with van der Waals surface area (Å²) in [5.74, 6) is 0.362. The summed E-state index contributed by atoms with van der Waals surface area (Å²) in [6.07, 6.45) is 9.95. The van der Waals surface area contributed by atoms with Gasteiger partial charge in [0, 0.05) is 24.5 Å². The van der Waals surface area contributed by atoms with E-state index < -0.39 is 0 Å². The van der Waals surface area contributed by atoms with Gasteiger partial charge >= 0.3 is 6.03 Å². The van der Waals surface area contributed by atoms with Crippen LogP contribution in [-0.2, 0) is 9.53 Å². The third-order valence-electron chi connectivity index (χ3n) is 7.17. The number of nitrogens with one attached hydrogen (secondary N) is 2. The molecule has 3 aliphatic heterocycles. The Bertz CT molecular complexity index is 1020. The van der Waals surface area contributed by atoms with Crippen LogP contribution < -0.4 is 15.5 Å². The van der Waals surface area contributed by atoms with Gasteiger partial charge in [-0.3, -0.25) is 15.0 Å². The number of piperidine rings is 1. The molecule has 8 nitrogen and oxygen atoms in total. The van der Waals surface area contributed by atoms with Crippen molar-refractivity contribution in [1.82, 2.24) is 20.2 Å². The molecule has 1 atom stereocenters. The molecule has 3 saturated heterocycles. The van der Waals surface area contributed by atoms with Crippen molar-refractivity contribution in [2.45, 2.75) is 56.1 Å². The molecule has 2 N–H and O–H groups in total. The number of amides is 3. The SMILES string of the molecule is O=C1CCN(c2cnc3c(c2)c(C2CC2)cn3C2COC3(CCNCC3)C2)C(=O)N1. The van der Waals surface area contributed by atoms with Crippen molar-refractivity contribution in [1.29, 1.82) is 0 Å². The second-order valence-corrected chi connectivity index (χ2v) is 9.19. The molecular weight excluding hydrogens is 382 g/mol. The fourth-order valence-corrected chi connectivity index (χ4v) is 5.33. The van der Waals surface area contributed by atoms with E-state index in [0.29, 0.717) is 24.9 Å². The van der Waals surface area contributed by atoms with Crippen LogP contribution in [0.5, 0.6) is 0 Å². The normalized spacial score (nSPS) is 26.5. The van der Waals surface area contributed by atoms with Gasteiger partial charge in [-0.1, -0.05) is 0 Å². The molecule has 0 bridgehead atoms. The van der Waals surface area contributed by atoms with Crippen molar-refractivity contribution in [3.63, 3.8) is 0 Å². The summed E-state index contributed by atoms with van der Waals surface area (Å²) in [5.41, 5.74) is 3.07. The number of hydrogen-bond acceptors (Lipinski definition) is 5. The molecule has 1 saturated carbocycles. The van der Waals surface area contributed by atoms with Gasteiger partial charge in [-0.2, -0.15) is 0 Å². The standard InChI is InChI=1S/C22H27N5O3/c28-19-3-8-26(21(29)25-19)15-9-17-18(14-1-2-14)12-27(20(17)24-11-15)16-10-22(30-13-16)4-6-23-7-5-22/h9,11-12,14,16,23H,1-8,10,13H2,(H,25,28,29). The number of rotatable bonds is 3. The largest absolute Gasteiger partial charge is 0.373 e. The van der Waals surface area contributed by atoms with Crippen molar-refractivity contribution in [2.75, 3.05) is 31.1 Å². The Hall–Kier alpha value is -2.45. The quantitative estimate of drug-likeness (QED) is 0.813. The lowest BCUT2D eigenvalue weighted by Crippen LogP contribution is -2.49. The van der Waals surface area contributed by atoms with Crippen LogP contribution in [0.3, 0.4) is 0 Å². The Kier molecular flexibility index (Phi) is 4.14. The van der Waals surface area contributed by atoms with Gasteiger partial charge in [0.15, 0.2) is 0 Å². The van der Waals surface area contributed by atoms with Gasteiger partial charge in [0.25, 0.3) is 0 Å². The smallest absolute Gasteiger partial charge is 0.328 e. The average Bonchev–Trinajstić information content (AvgIpc) is 3.41. The molecule has 2 aromatic rings. The minimum Gasteiger partial charge on any atom is -0.373 e. The fraction of sp³-hybridized carbons (Fsp3) is 0.591. The molecule has 3 amide bonds. The molecule has 0 aromatic carbocycles. The van der Waals surface area contributed by atoms with Crippen LogP contribution in [0, 0.1) is 0 Å². The second-order valence-electron chi connectivity index (χ2n) is 9.19. The van der Waals surface area contributed by atoms with Gasteiger partial charge < -0.3 is 14.6 Å². The Morgan fingerprint density at radius 3 is 2.80 bits per heavy atom. The molecule has 4 aliphatic rings. The molecule has 30 heavy (non-hydrogen) atoms. The minimum atomic E-state index is -0.364. The van der Waals surface area contributed by atoms with E-state index in [-0.39, 0.29) is 17.5 Å². The molecule has 1 aliphatic carbocycles. The summed E-state index contributed by atoms with van der Waals surface area (Å²) in [7, 11) is 0. The van der Waals surface area contributed by atoms with E-state index in [1.165, 1.54) is 18.4 Å². The van der Waals surface area contributed by atoms with Crippen molar-refractivity contribution in [2.24, 2.45) is 0 Å². The summed E-state index contributed by atoms with van der Waals surface area (Å²) in [5, 5.41) is 6.97. The van der Waals surface area contributed by atoms with Crippen LogP contribution in [-0.4, -0.2) is 53.3 Å². The monoisotopic (exact) mass is 409 g/mol. The van der Waals surface area contributed by atoms with Gasteiger partial charge in [-0.05, 0) is 62.7 Å². The van der Waals surface area contributed by atoms with E-state index in [1.54, 1.807) is 11.1 Å². The number of anilines is 1. The zero-order valence-corrected chi connectivity index (χ0v) is 17.0. The minimum absolute atomic E-state index is 0.00459. The van der Waals surface area contributed by atoms with Crippen LogP contribution in [0.4, 0.5) is 10.5 Å². The predicted octanol–water partition coefficient (Wildman–Crippen LogP) is 2.44. The molecule has 6 rings (SSSR count). The van der Waals surface area contributed by atoms with Crippen LogP contribution in [0.25, 0.3) is 11.0 Å². The third-order valence-corrected chi connectivity index (χ3v) is 7.17. The summed E-state index contributed by atoms with van der Waals surface area (Å²) >= 11 is 0. The summed E-state index contributed by atoms with van der Waals surface area (Å²) in [6, 6.07) is 2.02. The summed E-state index contributed by atoms with van der Waals surface area (Å²) in [4.78, 5) is 30.2. The second kappa shape index (κ2) is 6.78. The first-order valence-electron chi connectivity index (χ1n) is 11.1. The number of urea groups is 1. The highest BCUT2D eigenvalue weighted by Gasteiger charge is 2.42. The zero-order chi connectivity index (χ0) is 20.3. The molecule has 2 aromatic heterocycles. The Labute approximate surface area is 174 Å². The fourth-order valence-electron chi connectivity index (χ4n) is 5.33. The van der Waals surface area contributed by atoms with Crippen LogP contribution >= 0.6 is 0 Å². The van der Waals surface area contributed by atoms with Gasteiger partial charge in [-0.15, -0.1) is 0 Å². The maximum absolute atomic E-state index is 12.3. The number of hydrogen-bond donors (Lipinski definition) is 2. The van der Waals surface area contributed by atoms with Gasteiger partial charge in [0.2, 0.25) is 5.91 Å². The Morgan fingerprint density at radius 2 is 2.03 bits per heavy atom. The third kappa shape index (κ3) is 3.01. The maximum atomic E-state index is 12.3. The van der Waals surface area contributed by atoms with E-state index in [1.807, 2.05) is 0 Å². The van der Waals surface area contributed by atoms with Crippen LogP contribution in [0.1, 0.15) is 56.0 Å². The average molecular weight is 409 g/mol. The number of imide groups is 1. The first kappa shape index (κ1) is 18.3. The lowest BCUT2D eigenvalue weighted by molar-refractivity contribution is -0.120. The highest BCUT2D eigenvalue weighted by Crippen LogP contribution is 2.47. The van der Waals surface area contributed by atoms with E-state index in [0.717, 1.165) is 55.7 Å². The molecular formula is C22H27N5O3. The lowest BCUT2D eigenvalue weighted by atomic mass is 9.88. The molecule has 0 radical (unpaired) electrons. The molecule has 5 heterocycles. The van der Waals surface area contributed by atoms with Gasteiger partial charge in [0.05, 0.1) is 30.1 Å². The number of pyridine rings is 1. The Balaban J connectivity index is 1.35. The van der Waals surface area contributed by atoms with Crippen molar-refractivity contribution < 1.29 is 14.3 Å². The first-order chi connectivity index (χ1) is 14.6.